The van der Waals surface area contributed by atoms with Crippen LogP contribution in [0.2, 0.25) is 0 Å². The second-order valence-corrected chi connectivity index (χ2v) is 2.99. The molecule has 6 nitrogen and oxygen atoms in total. The topological polar surface area (TPSA) is 93.2 Å². The lowest BCUT2D eigenvalue weighted by molar-refractivity contribution is -0.386. The normalized spacial score (nSPS) is 11.2. The highest BCUT2D eigenvalue weighted by molar-refractivity contribution is 5.76. The first kappa shape index (κ1) is 11.7. The Hall–Kier alpha value is -2.42. The van der Waals surface area contributed by atoms with Gasteiger partial charge >= 0.3 is 5.69 Å². The molecule has 0 N–H and O–H groups in total. The standard InChI is InChI=1S/C10H8N2O4/c1-7(5-11)16-10-4-8(6-13)2-3-9(10)12(14)15/h2-4,6-7H,1H3. The highest BCUT2D eigenvalue weighted by Gasteiger charge is 2.17. The number of hydrogen-bond acceptors (Lipinski definition) is 5. The van der Waals surface area contributed by atoms with Gasteiger partial charge < -0.3 is 4.74 Å². The molecule has 6 heteroatoms. The molecule has 0 radical (unpaired) electrons. The van der Waals surface area contributed by atoms with Crippen molar-refractivity contribution in [3.8, 4) is 11.8 Å². The average Bonchev–Trinajstić information content (AvgIpc) is 2.28. The fourth-order valence-corrected chi connectivity index (χ4v) is 1.07. The number of hydrogen-bond donors (Lipinski definition) is 0. The Balaban J connectivity index is 3.16. The van der Waals surface area contributed by atoms with Crippen molar-refractivity contribution in [2.24, 2.45) is 0 Å². The largest absolute Gasteiger partial charge is 0.469 e. The van der Waals surface area contributed by atoms with Gasteiger partial charge in [-0.3, -0.25) is 14.9 Å². The molecule has 1 unspecified atom stereocenters. The lowest BCUT2D eigenvalue weighted by Gasteiger charge is -2.08. The number of aldehydes is 1. The number of benzene rings is 1. The van der Waals surface area contributed by atoms with Crippen molar-refractivity contribution in [2.75, 3.05) is 0 Å². The Morgan fingerprint density at radius 3 is 2.81 bits per heavy atom. The van der Waals surface area contributed by atoms with Crippen LogP contribution in [-0.2, 0) is 0 Å². The smallest absolute Gasteiger partial charge is 0.311 e. The zero-order valence-electron chi connectivity index (χ0n) is 8.41. The first-order chi connectivity index (χ1) is 7.58. The van der Waals surface area contributed by atoms with Gasteiger partial charge in [-0.25, -0.2) is 0 Å². The third-order valence-electron chi connectivity index (χ3n) is 1.80. The number of ether oxygens (including phenoxy) is 1. The molecule has 1 rings (SSSR count). The molecule has 0 bridgehead atoms. The van der Waals surface area contributed by atoms with Gasteiger partial charge in [-0.05, 0) is 19.1 Å². The molecular weight excluding hydrogens is 212 g/mol. The molecule has 0 heterocycles. The van der Waals surface area contributed by atoms with Gasteiger partial charge in [-0.15, -0.1) is 0 Å². The van der Waals surface area contributed by atoms with E-state index in [1.54, 1.807) is 6.07 Å². The number of carbonyl (C=O) groups excluding carboxylic acids is 1. The molecule has 82 valence electrons. The first-order valence-corrected chi connectivity index (χ1v) is 4.38. The number of rotatable bonds is 4. The first-order valence-electron chi connectivity index (χ1n) is 4.38. The molecule has 1 aromatic rings. The molecule has 0 aromatic heterocycles. The van der Waals surface area contributed by atoms with Gasteiger partial charge in [-0.1, -0.05) is 0 Å². The van der Waals surface area contributed by atoms with Gasteiger partial charge in [0.05, 0.1) is 4.92 Å². The molecule has 0 saturated carbocycles. The summed E-state index contributed by atoms with van der Waals surface area (Å²) in [5.74, 6) is -0.0800. The lowest BCUT2D eigenvalue weighted by Crippen LogP contribution is -2.09. The zero-order chi connectivity index (χ0) is 12.1. The van der Waals surface area contributed by atoms with Crippen LogP contribution < -0.4 is 4.74 Å². The second-order valence-electron chi connectivity index (χ2n) is 2.99. The van der Waals surface area contributed by atoms with E-state index >= 15 is 0 Å². The van der Waals surface area contributed by atoms with E-state index in [4.69, 9.17) is 10.00 Å². The van der Waals surface area contributed by atoms with Crippen LogP contribution in [0.3, 0.4) is 0 Å². The van der Waals surface area contributed by atoms with E-state index in [9.17, 15) is 14.9 Å². The predicted molar refractivity (Wildman–Crippen MR) is 54.2 cm³/mol. The third kappa shape index (κ3) is 2.54. The molecule has 0 saturated heterocycles. The van der Waals surface area contributed by atoms with Crippen molar-refractivity contribution in [3.63, 3.8) is 0 Å². The van der Waals surface area contributed by atoms with Crippen molar-refractivity contribution in [1.82, 2.24) is 0 Å². The summed E-state index contributed by atoms with van der Waals surface area (Å²) in [6.07, 6.45) is -0.270. The fraction of sp³-hybridized carbons (Fsp3) is 0.200. The summed E-state index contributed by atoms with van der Waals surface area (Å²) < 4.78 is 5.04. The van der Waals surface area contributed by atoms with Crippen LogP contribution in [0.25, 0.3) is 0 Å². The van der Waals surface area contributed by atoms with Crippen molar-refractivity contribution in [1.29, 1.82) is 5.26 Å². The van der Waals surface area contributed by atoms with Crippen LogP contribution in [-0.4, -0.2) is 17.3 Å². The van der Waals surface area contributed by atoms with Crippen LogP contribution in [0.1, 0.15) is 17.3 Å². The van der Waals surface area contributed by atoms with E-state index in [1.807, 2.05) is 0 Å². The quantitative estimate of drug-likeness (QED) is 0.437. The van der Waals surface area contributed by atoms with Crippen LogP contribution in [0, 0.1) is 21.4 Å². The minimum Gasteiger partial charge on any atom is -0.469 e. The van der Waals surface area contributed by atoms with Gasteiger partial charge in [0.25, 0.3) is 0 Å². The highest BCUT2D eigenvalue weighted by Crippen LogP contribution is 2.28. The summed E-state index contributed by atoms with van der Waals surface area (Å²) in [7, 11) is 0. The number of nitrogens with zero attached hydrogens (tertiary/aromatic N) is 2. The molecule has 1 atom stereocenters. The van der Waals surface area contributed by atoms with E-state index in [0.29, 0.717) is 6.29 Å². The number of nitro benzene ring substituents is 1. The zero-order valence-corrected chi connectivity index (χ0v) is 8.41. The number of nitriles is 1. The monoisotopic (exact) mass is 220 g/mol. The van der Waals surface area contributed by atoms with Crippen molar-refractivity contribution >= 4 is 12.0 Å². The predicted octanol–water partition coefficient (Wildman–Crippen LogP) is 1.70. The number of carbonyl (C=O) groups is 1. The maximum absolute atomic E-state index is 10.6. The molecule has 1 aromatic carbocycles. The number of nitro groups is 1. The van der Waals surface area contributed by atoms with Crippen molar-refractivity contribution < 1.29 is 14.5 Å². The summed E-state index contributed by atoms with van der Waals surface area (Å²) in [5.41, 5.74) is -0.0153. The Morgan fingerprint density at radius 1 is 1.62 bits per heavy atom. The molecule has 0 fully saturated rings. The maximum Gasteiger partial charge on any atom is 0.311 e. The average molecular weight is 220 g/mol. The highest BCUT2D eigenvalue weighted by atomic mass is 16.6. The van der Waals surface area contributed by atoms with Gasteiger partial charge in [0.2, 0.25) is 0 Å². The van der Waals surface area contributed by atoms with Crippen molar-refractivity contribution in [3.05, 3.63) is 33.9 Å². The molecule has 0 spiro atoms. The van der Waals surface area contributed by atoms with Gasteiger partial charge in [0.15, 0.2) is 11.9 Å². The summed E-state index contributed by atoms with van der Waals surface area (Å²) in [5, 5.41) is 19.2. The Morgan fingerprint density at radius 2 is 2.31 bits per heavy atom. The Labute approximate surface area is 91.2 Å². The van der Waals surface area contributed by atoms with Gasteiger partial charge in [0.1, 0.15) is 12.4 Å². The van der Waals surface area contributed by atoms with Crippen LogP contribution >= 0.6 is 0 Å². The van der Waals surface area contributed by atoms with Crippen molar-refractivity contribution in [2.45, 2.75) is 13.0 Å². The minimum absolute atomic E-state index is 0.0800. The second kappa shape index (κ2) is 4.89. The summed E-state index contributed by atoms with van der Waals surface area (Å²) in [6, 6.07) is 5.50. The molecule has 0 aliphatic rings. The van der Waals surface area contributed by atoms with Gasteiger partial charge in [-0.2, -0.15) is 5.26 Å². The maximum atomic E-state index is 10.6. The molecule has 0 aliphatic heterocycles. The van der Waals surface area contributed by atoms with Crippen LogP contribution in [0.5, 0.6) is 5.75 Å². The molecule has 0 amide bonds. The van der Waals surface area contributed by atoms with E-state index < -0.39 is 11.0 Å². The minimum atomic E-state index is -0.819. The lowest BCUT2D eigenvalue weighted by atomic mass is 10.2. The fourth-order valence-electron chi connectivity index (χ4n) is 1.07. The van der Waals surface area contributed by atoms with Crippen LogP contribution in [0.15, 0.2) is 18.2 Å². The molecular formula is C10H8N2O4. The van der Waals surface area contributed by atoms with E-state index in [-0.39, 0.29) is 17.0 Å². The molecule has 0 aliphatic carbocycles. The van der Waals surface area contributed by atoms with Crippen LogP contribution in [0.4, 0.5) is 5.69 Å². The third-order valence-corrected chi connectivity index (χ3v) is 1.80. The van der Waals surface area contributed by atoms with Gasteiger partial charge in [0, 0.05) is 11.6 Å². The SMILES string of the molecule is CC(C#N)Oc1cc(C=O)ccc1[N+](=O)[O-]. The summed E-state index contributed by atoms with van der Waals surface area (Å²) in [4.78, 5) is 20.5. The molecule has 16 heavy (non-hydrogen) atoms. The van der Waals surface area contributed by atoms with E-state index in [0.717, 1.165) is 0 Å². The Kier molecular flexibility index (Phi) is 3.56. The summed E-state index contributed by atoms with van der Waals surface area (Å²) >= 11 is 0. The van der Waals surface area contributed by atoms with E-state index in [2.05, 4.69) is 0 Å². The van der Waals surface area contributed by atoms with E-state index in [1.165, 1.54) is 25.1 Å². The summed E-state index contributed by atoms with van der Waals surface area (Å²) in [6.45, 7) is 1.46. The Bertz CT molecular complexity index is 464.